The Morgan fingerprint density at radius 3 is 2.94 bits per heavy atom. The SMILES string of the molecule is C=C(C)c1cnc(CSc2cnc(N)s2)o1. The fraction of sp³-hybridized carbons (Fsp3) is 0.200. The van der Waals surface area contributed by atoms with Crippen molar-refractivity contribution in [3.8, 4) is 0 Å². The van der Waals surface area contributed by atoms with E-state index in [1.165, 1.54) is 11.3 Å². The second-order valence-electron chi connectivity index (χ2n) is 3.20. The molecule has 0 radical (unpaired) electrons. The number of rotatable bonds is 4. The molecule has 0 aliphatic carbocycles. The highest BCUT2D eigenvalue weighted by atomic mass is 32.2. The van der Waals surface area contributed by atoms with E-state index in [0.717, 1.165) is 15.5 Å². The molecule has 4 nitrogen and oxygen atoms in total. The molecule has 16 heavy (non-hydrogen) atoms. The average molecular weight is 253 g/mol. The first-order valence-corrected chi connectivity index (χ1v) is 6.40. The number of thiazole rings is 1. The van der Waals surface area contributed by atoms with Gasteiger partial charge in [0.15, 0.2) is 5.13 Å². The number of oxazole rings is 1. The number of hydrogen-bond donors (Lipinski definition) is 1. The van der Waals surface area contributed by atoms with Crippen LogP contribution in [0.5, 0.6) is 0 Å². The van der Waals surface area contributed by atoms with E-state index in [1.807, 2.05) is 6.92 Å². The Kier molecular flexibility index (Phi) is 3.31. The lowest BCUT2D eigenvalue weighted by molar-refractivity contribution is 0.506. The van der Waals surface area contributed by atoms with Crippen LogP contribution in [0.1, 0.15) is 18.6 Å². The zero-order valence-electron chi connectivity index (χ0n) is 8.77. The molecule has 2 rings (SSSR count). The minimum absolute atomic E-state index is 0.581. The van der Waals surface area contributed by atoms with E-state index in [4.69, 9.17) is 10.2 Å². The number of thioether (sulfide) groups is 1. The molecule has 0 spiro atoms. The standard InChI is InChI=1S/C10H11N3OS2/c1-6(2)7-3-12-8(14-7)5-15-9-4-13-10(11)16-9/h3-4H,1,5H2,2H3,(H2,11,13). The summed E-state index contributed by atoms with van der Waals surface area (Å²) >= 11 is 3.07. The monoisotopic (exact) mass is 253 g/mol. The van der Waals surface area contributed by atoms with Gasteiger partial charge >= 0.3 is 0 Å². The highest BCUT2D eigenvalue weighted by molar-refractivity contribution is 8.00. The van der Waals surface area contributed by atoms with Crippen molar-refractivity contribution in [3.05, 3.63) is 30.6 Å². The molecule has 84 valence electrons. The van der Waals surface area contributed by atoms with Crippen molar-refractivity contribution >= 4 is 33.8 Å². The molecule has 0 saturated heterocycles. The predicted molar refractivity (Wildman–Crippen MR) is 67.3 cm³/mol. The van der Waals surface area contributed by atoms with Crippen molar-refractivity contribution < 1.29 is 4.42 Å². The summed E-state index contributed by atoms with van der Waals surface area (Å²) in [6.45, 7) is 5.69. The third kappa shape index (κ3) is 2.65. The van der Waals surface area contributed by atoms with E-state index in [1.54, 1.807) is 24.2 Å². The summed E-state index contributed by atoms with van der Waals surface area (Å²) in [5.74, 6) is 2.10. The van der Waals surface area contributed by atoms with Gasteiger partial charge in [0.1, 0.15) is 5.76 Å². The lowest BCUT2D eigenvalue weighted by Crippen LogP contribution is -1.77. The van der Waals surface area contributed by atoms with Crippen LogP contribution in [0.2, 0.25) is 0 Å². The Balaban J connectivity index is 1.97. The summed E-state index contributed by atoms with van der Waals surface area (Å²) in [5.41, 5.74) is 6.42. The number of nitrogen functional groups attached to an aromatic ring is 1. The van der Waals surface area contributed by atoms with Crippen LogP contribution in [-0.4, -0.2) is 9.97 Å². The van der Waals surface area contributed by atoms with Gasteiger partial charge in [0.05, 0.1) is 22.4 Å². The fourth-order valence-corrected chi connectivity index (χ4v) is 2.66. The summed E-state index contributed by atoms with van der Waals surface area (Å²) in [5, 5.41) is 0.581. The molecule has 0 amide bonds. The van der Waals surface area contributed by atoms with Crippen LogP contribution in [-0.2, 0) is 5.75 Å². The van der Waals surface area contributed by atoms with Crippen LogP contribution in [0.3, 0.4) is 0 Å². The van der Waals surface area contributed by atoms with Crippen molar-refractivity contribution in [2.24, 2.45) is 0 Å². The van der Waals surface area contributed by atoms with Crippen LogP contribution in [0.4, 0.5) is 5.13 Å². The molecule has 2 aromatic heterocycles. The predicted octanol–water partition coefficient (Wildman–Crippen LogP) is 3.04. The molecule has 2 heterocycles. The van der Waals surface area contributed by atoms with Gasteiger partial charge in [0.2, 0.25) is 5.89 Å². The van der Waals surface area contributed by atoms with Crippen LogP contribution in [0, 0.1) is 0 Å². The van der Waals surface area contributed by atoms with E-state index in [2.05, 4.69) is 16.5 Å². The molecular weight excluding hydrogens is 242 g/mol. The second-order valence-corrected chi connectivity index (χ2v) is 5.54. The molecular formula is C10H11N3OS2. The van der Waals surface area contributed by atoms with Gasteiger partial charge in [-0.3, -0.25) is 0 Å². The molecule has 0 saturated carbocycles. The third-order valence-corrected chi connectivity index (χ3v) is 3.82. The van der Waals surface area contributed by atoms with Crippen LogP contribution in [0.25, 0.3) is 5.57 Å². The maximum absolute atomic E-state index is 5.53. The minimum Gasteiger partial charge on any atom is -0.440 e. The van der Waals surface area contributed by atoms with Crippen molar-refractivity contribution in [2.45, 2.75) is 16.9 Å². The van der Waals surface area contributed by atoms with Crippen LogP contribution < -0.4 is 5.73 Å². The van der Waals surface area contributed by atoms with Gasteiger partial charge < -0.3 is 10.2 Å². The van der Waals surface area contributed by atoms with Crippen molar-refractivity contribution in [2.75, 3.05) is 5.73 Å². The van der Waals surface area contributed by atoms with Crippen LogP contribution >= 0.6 is 23.1 Å². The lowest BCUT2D eigenvalue weighted by Gasteiger charge is -1.93. The van der Waals surface area contributed by atoms with Gasteiger partial charge in [0, 0.05) is 0 Å². The van der Waals surface area contributed by atoms with E-state index < -0.39 is 0 Å². The third-order valence-electron chi connectivity index (χ3n) is 1.81. The van der Waals surface area contributed by atoms with E-state index >= 15 is 0 Å². The van der Waals surface area contributed by atoms with Crippen molar-refractivity contribution in [1.29, 1.82) is 0 Å². The number of anilines is 1. The first-order valence-electron chi connectivity index (χ1n) is 4.60. The minimum atomic E-state index is 0.581. The van der Waals surface area contributed by atoms with Gasteiger partial charge in [-0.25, -0.2) is 9.97 Å². The molecule has 0 aromatic carbocycles. The summed E-state index contributed by atoms with van der Waals surface area (Å²) in [4.78, 5) is 8.14. The molecule has 0 bridgehead atoms. The number of nitrogens with two attached hydrogens (primary N) is 1. The quantitative estimate of drug-likeness (QED) is 0.848. The smallest absolute Gasteiger partial charge is 0.205 e. The van der Waals surface area contributed by atoms with E-state index in [-0.39, 0.29) is 0 Å². The Morgan fingerprint density at radius 2 is 2.38 bits per heavy atom. The first kappa shape index (κ1) is 11.2. The fourth-order valence-electron chi connectivity index (χ4n) is 1.05. The molecule has 0 unspecified atom stereocenters. The highest BCUT2D eigenvalue weighted by Gasteiger charge is 2.06. The summed E-state index contributed by atoms with van der Waals surface area (Å²) in [6, 6.07) is 0. The van der Waals surface area contributed by atoms with Gasteiger partial charge in [-0.15, -0.1) is 11.8 Å². The lowest BCUT2D eigenvalue weighted by atomic mass is 10.3. The Bertz CT molecular complexity index is 504. The zero-order valence-corrected chi connectivity index (χ0v) is 10.4. The zero-order chi connectivity index (χ0) is 11.5. The second kappa shape index (κ2) is 4.71. The van der Waals surface area contributed by atoms with Crippen molar-refractivity contribution in [1.82, 2.24) is 9.97 Å². The molecule has 0 aliphatic heterocycles. The van der Waals surface area contributed by atoms with Gasteiger partial charge in [0.25, 0.3) is 0 Å². The van der Waals surface area contributed by atoms with Crippen molar-refractivity contribution in [3.63, 3.8) is 0 Å². The number of aromatic nitrogens is 2. The molecule has 2 N–H and O–H groups in total. The average Bonchev–Trinajstić information content (AvgIpc) is 2.83. The van der Waals surface area contributed by atoms with Gasteiger partial charge in [-0.2, -0.15) is 0 Å². The molecule has 0 atom stereocenters. The Hall–Kier alpha value is -1.27. The molecule has 6 heteroatoms. The molecule has 0 aliphatic rings. The van der Waals surface area contributed by atoms with Crippen LogP contribution in [0.15, 0.2) is 27.6 Å². The Morgan fingerprint density at radius 1 is 1.56 bits per heavy atom. The maximum Gasteiger partial charge on any atom is 0.205 e. The summed E-state index contributed by atoms with van der Waals surface area (Å²) < 4.78 is 6.56. The molecule has 2 aromatic rings. The molecule has 0 fully saturated rings. The van der Waals surface area contributed by atoms with Gasteiger partial charge in [-0.05, 0) is 12.5 Å². The number of nitrogens with zero attached hydrogens (tertiary/aromatic N) is 2. The largest absolute Gasteiger partial charge is 0.440 e. The highest BCUT2D eigenvalue weighted by Crippen LogP contribution is 2.29. The topological polar surface area (TPSA) is 64.9 Å². The van der Waals surface area contributed by atoms with E-state index in [9.17, 15) is 0 Å². The normalized spacial score (nSPS) is 10.6. The Labute approximate surface area is 102 Å². The van der Waals surface area contributed by atoms with Gasteiger partial charge in [-0.1, -0.05) is 17.9 Å². The summed E-state index contributed by atoms with van der Waals surface area (Å²) in [7, 11) is 0. The maximum atomic E-state index is 5.53. The first-order chi connectivity index (χ1) is 7.65. The summed E-state index contributed by atoms with van der Waals surface area (Å²) in [6.07, 6.45) is 3.45. The van der Waals surface area contributed by atoms with E-state index in [0.29, 0.717) is 16.8 Å². The number of allylic oxidation sites excluding steroid dienone is 1. The number of hydrogen-bond acceptors (Lipinski definition) is 6.